The zero-order valence-electron chi connectivity index (χ0n) is 10.5. The normalized spacial score (nSPS) is 10.4. The van der Waals surface area contributed by atoms with E-state index in [1.165, 1.54) is 12.1 Å². The molecule has 0 aromatic heterocycles. The minimum atomic E-state index is -0.333. The lowest BCUT2D eigenvalue weighted by Gasteiger charge is -2.22. The van der Waals surface area contributed by atoms with E-state index in [0.29, 0.717) is 5.56 Å². The van der Waals surface area contributed by atoms with Crippen molar-refractivity contribution in [3.8, 4) is 0 Å². The summed E-state index contributed by atoms with van der Waals surface area (Å²) in [6, 6.07) is 12.5. The predicted octanol–water partition coefficient (Wildman–Crippen LogP) is 3.39. The number of benzene rings is 2. The van der Waals surface area contributed by atoms with Crippen molar-refractivity contribution in [1.29, 1.82) is 0 Å². The van der Waals surface area contributed by atoms with E-state index in [1.54, 1.807) is 6.07 Å². The number of aliphatic hydroxyl groups excluding tert-OH is 1. The monoisotopic (exact) mass is 245 g/mol. The first kappa shape index (κ1) is 12.6. The molecule has 0 aliphatic carbocycles. The smallest absolute Gasteiger partial charge is 0.123 e. The van der Waals surface area contributed by atoms with E-state index in [9.17, 15) is 9.50 Å². The lowest BCUT2D eigenvalue weighted by Crippen LogP contribution is -2.12. The van der Waals surface area contributed by atoms with Gasteiger partial charge in [-0.1, -0.05) is 12.1 Å². The van der Waals surface area contributed by atoms with E-state index >= 15 is 0 Å². The maximum atomic E-state index is 13.1. The van der Waals surface area contributed by atoms with Gasteiger partial charge in [-0.05, 0) is 42.8 Å². The molecule has 2 aromatic carbocycles. The fourth-order valence-electron chi connectivity index (χ4n) is 1.98. The standard InChI is InChI=1S/C15H16FNO/c1-11-4-3-5-14(8-11)17(2)15-7-6-13(16)9-12(15)10-18/h3-9,18H,10H2,1-2H3. The van der Waals surface area contributed by atoms with Crippen molar-refractivity contribution in [2.45, 2.75) is 13.5 Å². The fourth-order valence-corrected chi connectivity index (χ4v) is 1.98. The van der Waals surface area contributed by atoms with Gasteiger partial charge in [0, 0.05) is 24.0 Å². The van der Waals surface area contributed by atoms with Gasteiger partial charge in [0.2, 0.25) is 0 Å². The molecule has 18 heavy (non-hydrogen) atoms. The second-order valence-corrected chi connectivity index (χ2v) is 4.33. The average molecular weight is 245 g/mol. The molecule has 0 aliphatic rings. The van der Waals surface area contributed by atoms with Crippen LogP contribution in [0.2, 0.25) is 0 Å². The van der Waals surface area contributed by atoms with Crippen LogP contribution in [0, 0.1) is 12.7 Å². The van der Waals surface area contributed by atoms with Crippen LogP contribution in [0.3, 0.4) is 0 Å². The lowest BCUT2D eigenvalue weighted by molar-refractivity contribution is 0.281. The number of rotatable bonds is 3. The van der Waals surface area contributed by atoms with Crippen LogP contribution < -0.4 is 4.90 Å². The quantitative estimate of drug-likeness (QED) is 0.896. The Labute approximate surface area is 106 Å². The van der Waals surface area contributed by atoms with Gasteiger partial charge < -0.3 is 10.0 Å². The Kier molecular flexibility index (Phi) is 3.63. The zero-order valence-corrected chi connectivity index (χ0v) is 10.5. The third-order valence-corrected chi connectivity index (χ3v) is 2.96. The maximum Gasteiger partial charge on any atom is 0.123 e. The number of aryl methyl sites for hydroxylation is 1. The number of hydrogen-bond donors (Lipinski definition) is 1. The molecular weight excluding hydrogens is 229 g/mol. The van der Waals surface area contributed by atoms with Crippen LogP contribution in [0.5, 0.6) is 0 Å². The maximum absolute atomic E-state index is 13.1. The Hall–Kier alpha value is -1.87. The van der Waals surface area contributed by atoms with Crippen LogP contribution >= 0.6 is 0 Å². The van der Waals surface area contributed by atoms with E-state index in [4.69, 9.17) is 0 Å². The second kappa shape index (κ2) is 5.19. The lowest BCUT2D eigenvalue weighted by atomic mass is 10.1. The second-order valence-electron chi connectivity index (χ2n) is 4.33. The van der Waals surface area contributed by atoms with E-state index in [-0.39, 0.29) is 12.4 Å². The summed E-state index contributed by atoms with van der Waals surface area (Å²) < 4.78 is 13.1. The topological polar surface area (TPSA) is 23.5 Å². The van der Waals surface area contributed by atoms with Crippen LogP contribution in [0.1, 0.15) is 11.1 Å². The summed E-state index contributed by atoms with van der Waals surface area (Å²) in [4.78, 5) is 1.94. The summed E-state index contributed by atoms with van der Waals surface area (Å²) in [6.45, 7) is 1.85. The van der Waals surface area contributed by atoms with Crippen molar-refractivity contribution in [3.05, 3.63) is 59.4 Å². The minimum Gasteiger partial charge on any atom is -0.392 e. The van der Waals surface area contributed by atoms with Crippen LogP contribution in [-0.4, -0.2) is 12.2 Å². The molecule has 2 nitrogen and oxygen atoms in total. The van der Waals surface area contributed by atoms with Gasteiger partial charge in [-0.15, -0.1) is 0 Å². The van der Waals surface area contributed by atoms with Crippen molar-refractivity contribution in [2.24, 2.45) is 0 Å². The third-order valence-electron chi connectivity index (χ3n) is 2.96. The van der Waals surface area contributed by atoms with Gasteiger partial charge in [0.15, 0.2) is 0 Å². The van der Waals surface area contributed by atoms with Crippen LogP contribution in [0.15, 0.2) is 42.5 Å². The van der Waals surface area contributed by atoms with Crippen molar-refractivity contribution in [2.75, 3.05) is 11.9 Å². The molecule has 0 radical (unpaired) electrons. The van der Waals surface area contributed by atoms with Gasteiger partial charge >= 0.3 is 0 Å². The molecule has 0 atom stereocenters. The third kappa shape index (κ3) is 2.51. The minimum absolute atomic E-state index is 0.177. The largest absolute Gasteiger partial charge is 0.392 e. The molecule has 3 heteroatoms. The highest BCUT2D eigenvalue weighted by atomic mass is 19.1. The highest BCUT2D eigenvalue weighted by Crippen LogP contribution is 2.28. The summed E-state index contributed by atoms with van der Waals surface area (Å²) >= 11 is 0. The molecular formula is C15H16FNO. The van der Waals surface area contributed by atoms with Gasteiger partial charge in [0.05, 0.1) is 6.61 Å². The van der Waals surface area contributed by atoms with E-state index in [0.717, 1.165) is 16.9 Å². The summed E-state index contributed by atoms with van der Waals surface area (Å²) in [5.74, 6) is -0.333. The number of anilines is 2. The van der Waals surface area contributed by atoms with Crippen molar-refractivity contribution in [3.63, 3.8) is 0 Å². The van der Waals surface area contributed by atoms with Crippen LogP contribution in [-0.2, 0) is 6.61 Å². The zero-order chi connectivity index (χ0) is 13.1. The molecule has 0 aliphatic heterocycles. The average Bonchev–Trinajstić information content (AvgIpc) is 2.37. The van der Waals surface area contributed by atoms with Crippen molar-refractivity contribution < 1.29 is 9.50 Å². The Bertz CT molecular complexity index is 554. The molecule has 0 amide bonds. The summed E-state index contributed by atoms with van der Waals surface area (Å²) in [5.41, 5.74) is 3.56. The molecule has 0 heterocycles. The van der Waals surface area contributed by atoms with Gasteiger partial charge in [0.1, 0.15) is 5.82 Å². The molecule has 1 N–H and O–H groups in total. The van der Waals surface area contributed by atoms with Gasteiger partial charge in [-0.3, -0.25) is 0 Å². The summed E-state index contributed by atoms with van der Waals surface area (Å²) in [7, 11) is 1.90. The number of hydrogen-bond acceptors (Lipinski definition) is 2. The summed E-state index contributed by atoms with van der Waals surface area (Å²) in [6.07, 6.45) is 0. The molecule has 0 saturated carbocycles. The van der Waals surface area contributed by atoms with E-state index in [2.05, 4.69) is 0 Å². The molecule has 0 unspecified atom stereocenters. The first-order valence-electron chi connectivity index (χ1n) is 5.81. The Balaban J connectivity index is 2.42. The molecule has 94 valence electrons. The van der Waals surface area contributed by atoms with Crippen LogP contribution in [0.25, 0.3) is 0 Å². The molecule has 0 spiro atoms. The number of nitrogens with zero attached hydrogens (tertiary/aromatic N) is 1. The van der Waals surface area contributed by atoms with E-state index in [1.807, 2.05) is 43.1 Å². The van der Waals surface area contributed by atoms with Crippen molar-refractivity contribution >= 4 is 11.4 Å². The molecule has 0 bridgehead atoms. The van der Waals surface area contributed by atoms with Gasteiger partial charge in [0.25, 0.3) is 0 Å². The first-order chi connectivity index (χ1) is 8.61. The molecule has 2 aromatic rings. The number of halogens is 1. The molecule has 0 fully saturated rings. The Morgan fingerprint density at radius 3 is 2.61 bits per heavy atom. The van der Waals surface area contributed by atoms with Gasteiger partial charge in [-0.2, -0.15) is 0 Å². The molecule has 2 rings (SSSR count). The first-order valence-corrected chi connectivity index (χ1v) is 5.81. The fraction of sp³-hybridized carbons (Fsp3) is 0.200. The SMILES string of the molecule is Cc1cccc(N(C)c2ccc(F)cc2CO)c1. The van der Waals surface area contributed by atoms with Crippen molar-refractivity contribution in [1.82, 2.24) is 0 Å². The molecule has 0 saturated heterocycles. The van der Waals surface area contributed by atoms with E-state index < -0.39 is 0 Å². The highest BCUT2D eigenvalue weighted by Gasteiger charge is 2.09. The summed E-state index contributed by atoms with van der Waals surface area (Å²) in [5, 5.41) is 9.30. The Morgan fingerprint density at radius 2 is 1.94 bits per heavy atom. The Morgan fingerprint density at radius 1 is 1.17 bits per heavy atom. The van der Waals surface area contributed by atoms with Crippen LogP contribution in [0.4, 0.5) is 15.8 Å². The highest BCUT2D eigenvalue weighted by molar-refractivity contribution is 5.66. The predicted molar refractivity (Wildman–Crippen MR) is 71.6 cm³/mol. The number of aliphatic hydroxyl groups is 1. The van der Waals surface area contributed by atoms with Gasteiger partial charge in [-0.25, -0.2) is 4.39 Å².